The standard InChI is InChI=1S/C24H30O2/c1-4-10-22(25-19-5-2)15-18-24(16-8-7-9-17-24)21-11-13-23(14-12-21)26-20-6-3/h4-6,10-15,18H,1-3,7-9,16-17,19-20H2/b18-15-,22-10+. The van der Waals surface area contributed by atoms with E-state index in [1.807, 2.05) is 6.08 Å². The second-order valence-corrected chi connectivity index (χ2v) is 6.58. The summed E-state index contributed by atoms with van der Waals surface area (Å²) in [6.07, 6.45) is 17.6. The molecule has 1 fully saturated rings. The molecule has 0 bridgehead atoms. The Kier molecular flexibility index (Phi) is 8.01. The Morgan fingerprint density at radius 3 is 2.27 bits per heavy atom. The summed E-state index contributed by atoms with van der Waals surface area (Å²) < 4.78 is 11.3. The Balaban J connectivity index is 2.25. The van der Waals surface area contributed by atoms with Crippen molar-refractivity contribution in [3.05, 3.63) is 91.8 Å². The van der Waals surface area contributed by atoms with Crippen LogP contribution in [-0.2, 0) is 10.2 Å². The third-order valence-corrected chi connectivity index (χ3v) is 4.76. The minimum Gasteiger partial charge on any atom is -0.490 e. The highest BCUT2D eigenvalue weighted by molar-refractivity contribution is 5.37. The maximum absolute atomic E-state index is 5.72. The van der Waals surface area contributed by atoms with E-state index >= 15 is 0 Å². The molecule has 1 aliphatic carbocycles. The van der Waals surface area contributed by atoms with Crippen molar-refractivity contribution in [1.29, 1.82) is 0 Å². The monoisotopic (exact) mass is 350 g/mol. The van der Waals surface area contributed by atoms with Crippen LogP contribution in [0.1, 0.15) is 37.7 Å². The smallest absolute Gasteiger partial charge is 0.119 e. The summed E-state index contributed by atoms with van der Waals surface area (Å²) in [6.45, 7) is 12.2. The molecule has 2 nitrogen and oxygen atoms in total. The molecule has 0 aromatic heterocycles. The van der Waals surface area contributed by atoms with Crippen molar-refractivity contribution in [3.63, 3.8) is 0 Å². The van der Waals surface area contributed by atoms with Gasteiger partial charge in [-0.3, -0.25) is 0 Å². The summed E-state index contributed by atoms with van der Waals surface area (Å²) >= 11 is 0. The molecule has 0 heterocycles. The van der Waals surface area contributed by atoms with E-state index in [0.29, 0.717) is 13.2 Å². The number of allylic oxidation sites excluding steroid dienone is 4. The van der Waals surface area contributed by atoms with Crippen LogP contribution in [0.25, 0.3) is 0 Å². The van der Waals surface area contributed by atoms with Gasteiger partial charge >= 0.3 is 0 Å². The van der Waals surface area contributed by atoms with Crippen LogP contribution < -0.4 is 4.74 Å². The quantitative estimate of drug-likeness (QED) is 0.281. The molecule has 0 saturated heterocycles. The van der Waals surface area contributed by atoms with Gasteiger partial charge in [0.25, 0.3) is 0 Å². The van der Waals surface area contributed by atoms with Gasteiger partial charge in [-0.25, -0.2) is 0 Å². The van der Waals surface area contributed by atoms with E-state index < -0.39 is 0 Å². The van der Waals surface area contributed by atoms with Crippen LogP contribution in [0, 0.1) is 0 Å². The summed E-state index contributed by atoms with van der Waals surface area (Å²) in [6, 6.07) is 8.49. The first-order chi connectivity index (χ1) is 12.7. The summed E-state index contributed by atoms with van der Waals surface area (Å²) in [5.74, 6) is 1.70. The van der Waals surface area contributed by atoms with Crippen LogP contribution in [0.2, 0.25) is 0 Å². The van der Waals surface area contributed by atoms with Crippen molar-refractivity contribution in [3.8, 4) is 5.75 Å². The van der Waals surface area contributed by atoms with Crippen LogP contribution >= 0.6 is 0 Å². The average Bonchev–Trinajstić information content (AvgIpc) is 2.69. The van der Waals surface area contributed by atoms with Crippen LogP contribution in [-0.4, -0.2) is 13.2 Å². The first-order valence-electron chi connectivity index (χ1n) is 9.34. The van der Waals surface area contributed by atoms with Crippen LogP contribution in [0.3, 0.4) is 0 Å². The van der Waals surface area contributed by atoms with Crippen molar-refractivity contribution >= 4 is 0 Å². The third kappa shape index (κ3) is 5.52. The van der Waals surface area contributed by atoms with Crippen LogP contribution in [0.5, 0.6) is 5.75 Å². The number of benzene rings is 1. The van der Waals surface area contributed by atoms with Crippen molar-refractivity contribution in [2.24, 2.45) is 0 Å². The molecule has 1 saturated carbocycles. The van der Waals surface area contributed by atoms with E-state index in [-0.39, 0.29) is 5.41 Å². The zero-order valence-electron chi connectivity index (χ0n) is 15.7. The first-order valence-corrected chi connectivity index (χ1v) is 9.34. The highest BCUT2D eigenvalue weighted by Crippen LogP contribution is 2.41. The Bertz CT molecular complexity index is 643. The van der Waals surface area contributed by atoms with Gasteiger partial charge < -0.3 is 9.47 Å². The predicted molar refractivity (Wildman–Crippen MR) is 110 cm³/mol. The lowest BCUT2D eigenvalue weighted by Crippen LogP contribution is -2.26. The normalized spacial score (nSPS) is 16.8. The second kappa shape index (κ2) is 10.5. The molecule has 0 amide bonds. The second-order valence-electron chi connectivity index (χ2n) is 6.58. The van der Waals surface area contributed by atoms with Gasteiger partial charge in [0.15, 0.2) is 0 Å². The summed E-state index contributed by atoms with van der Waals surface area (Å²) in [7, 11) is 0. The van der Waals surface area contributed by atoms with E-state index in [1.54, 1.807) is 18.2 Å². The molecule has 0 N–H and O–H groups in total. The molecule has 0 unspecified atom stereocenters. The molecule has 2 rings (SSSR count). The van der Waals surface area contributed by atoms with Gasteiger partial charge in [0.1, 0.15) is 24.7 Å². The number of rotatable bonds is 10. The first kappa shape index (κ1) is 19.8. The van der Waals surface area contributed by atoms with Crippen LogP contribution in [0.15, 0.2) is 86.2 Å². The fourth-order valence-electron chi connectivity index (χ4n) is 3.44. The molecule has 0 spiro atoms. The maximum Gasteiger partial charge on any atom is 0.119 e. The molecule has 1 aromatic carbocycles. The minimum atomic E-state index is 0.0486. The molecule has 0 radical (unpaired) electrons. The molecule has 26 heavy (non-hydrogen) atoms. The summed E-state index contributed by atoms with van der Waals surface area (Å²) in [5, 5.41) is 0. The van der Waals surface area contributed by atoms with Gasteiger partial charge in [0.05, 0.1) is 0 Å². The van der Waals surface area contributed by atoms with Gasteiger partial charge in [0, 0.05) is 5.41 Å². The Hall–Kier alpha value is -2.48. The van der Waals surface area contributed by atoms with Gasteiger partial charge in [-0.05, 0) is 42.7 Å². The number of hydrogen-bond acceptors (Lipinski definition) is 2. The Morgan fingerprint density at radius 1 is 0.962 bits per heavy atom. The third-order valence-electron chi connectivity index (χ3n) is 4.76. The van der Waals surface area contributed by atoms with Gasteiger partial charge in [-0.1, -0.05) is 75.4 Å². The van der Waals surface area contributed by atoms with Crippen molar-refractivity contribution in [2.75, 3.05) is 13.2 Å². The fraction of sp³-hybridized carbons (Fsp3) is 0.333. The van der Waals surface area contributed by atoms with Gasteiger partial charge in [0.2, 0.25) is 0 Å². The molecule has 2 heteroatoms. The SMILES string of the molecule is C=C/C=C(\C=C/C1(c2ccc(OCC=C)cc2)CCCCC1)OCC=C. The molecule has 0 aliphatic heterocycles. The highest BCUT2D eigenvalue weighted by Gasteiger charge is 2.31. The number of ether oxygens (including phenoxy) is 2. The molecule has 138 valence electrons. The van der Waals surface area contributed by atoms with E-state index in [9.17, 15) is 0 Å². The predicted octanol–water partition coefficient (Wildman–Crippen LogP) is 6.28. The topological polar surface area (TPSA) is 18.5 Å². The van der Waals surface area contributed by atoms with E-state index in [1.165, 1.54) is 24.8 Å². The number of hydrogen-bond donors (Lipinski definition) is 0. The molecule has 1 aromatic rings. The summed E-state index contributed by atoms with van der Waals surface area (Å²) in [4.78, 5) is 0. The zero-order valence-corrected chi connectivity index (χ0v) is 15.7. The van der Waals surface area contributed by atoms with E-state index in [0.717, 1.165) is 24.4 Å². The molecular weight excluding hydrogens is 320 g/mol. The molecule has 1 aliphatic rings. The maximum atomic E-state index is 5.72. The molecular formula is C24H30O2. The van der Waals surface area contributed by atoms with E-state index in [2.05, 4.69) is 56.2 Å². The average molecular weight is 351 g/mol. The van der Waals surface area contributed by atoms with Gasteiger partial charge in [-0.15, -0.1) is 0 Å². The van der Waals surface area contributed by atoms with E-state index in [4.69, 9.17) is 9.47 Å². The van der Waals surface area contributed by atoms with Crippen molar-refractivity contribution in [1.82, 2.24) is 0 Å². The molecule has 0 atom stereocenters. The van der Waals surface area contributed by atoms with Crippen LogP contribution in [0.4, 0.5) is 0 Å². The fourth-order valence-corrected chi connectivity index (χ4v) is 3.44. The lowest BCUT2D eigenvalue weighted by molar-refractivity contribution is 0.260. The highest BCUT2D eigenvalue weighted by atomic mass is 16.5. The summed E-state index contributed by atoms with van der Waals surface area (Å²) in [5.41, 5.74) is 1.38. The lowest BCUT2D eigenvalue weighted by atomic mass is 9.69. The van der Waals surface area contributed by atoms with Gasteiger partial charge in [-0.2, -0.15) is 0 Å². The minimum absolute atomic E-state index is 0.0486. The zero-order chi connectivity index (χ0) is 18.7. The Labute approximate surface area is 158 Å². The largest absolute Gasteiger partial charge is 0.490 e. The van der Waals surface area contributed by atoms with Crippen molar-refractivity contribution < 1.29 is 9.47 Å². The lowest BCUT2D eigenvalue weighted by Gasteiger charge is -2.35. The Morgan fingerprint density at radius 2 is 1.65 bits per heavy atom. The van der Waals surface area contributed by atoms with Crippen molar-refractivity contribution in [2.45, 2.75) is 37.5 Å².